The molecule has 2 N–H and O–H groups in total. The van der Waals surface area contributed by atoms with Crippen molar-refractivity contribution in [3.63, 3.8) is 0 Å². The molecule has 0 saturated carbocycles. The zero-order chi connectivity index (χ0) is 15.5. The van der Waals surface area contributed by atoms with E-state index in [2.05, 4.69) is 10.3 Å². The van der Waals surface area contributed by atoms with Crippen molar-refractivity contribution in [2.75, 3.05) is 33.4 Å². The lowest BCUT2D eigenvalue weighted by Crippen LogP contribution is -2.55. The molecule has 3 rings (SSSR count). The van der Waals surface area contributed by atoms with Crippen LogP contribution in [-0.4, -0.2) is 55.0 Å². The Bertz CT molecular complexity index is 689. The van der Waals surface area contributed by atoms with Gasteiger partial charge in [0.2, 0.25) is 5.91 Å². The van der Waals surface area contributed by atoms with Crippen molar-refractivity contribution in [2.24, 2.45) is 5.92 Å². The van der Waals surface area contributed by atoms with Gasteiger partial charge in [0.15, 0.2) is 0 Å². The maximum atomic E-state index is 12.5. The molecule has 0 unspecified atom stereocenters. The minimum absolute atomic E-state index is 0.0139. The Morgan fingerprint density at radius 1 is 1.36 bits per heavy atom. The molecule has 2 heterocycles. The van der Waals surface area contributed by atoms with Crippen LogP contribution in [0, 0.1) is 5.92 Å². The molecule has 1 aromatic heterocycles. The lowest BCUT2D eigenvalue weighted by molar-refractivity contribution is -0.129. The Kier molecular flexibility index (Phi) is 4.11. The van der Waals surface area contributed by atoms with Crippen LogP contribution in [0.5, 0.6) is 0 Å². The molecule has 6 nitrogen and oxygen atoms in total. The molecule has 0 aliphatic carbocycles. The van der Waals surface area contributed by atoms with Gasteiger partial charge in [0.25, 0.3) is 5.91 Å². The summed E-state index contributed by atoms with van der Waals surface area (Å²) in [5.74, 6) is -0.163. The molecule has 0 bridgehead atoms. The Balaban J connectivity index is 1.58. The first-order valence-corrected chi connectivity index (χ1v) is 7.32. The number of nitrogens with one attached hydrogen (secondary N) is 2. The van der Waals surface area contributed by atoms with E-state index in [4.69, 9.17) is 4.74 Å². The smallest absolute Gasteiger partial charge is 0.256 e. The molecule has 0 spiro atoms. The zero-order valence-corrected chi connectivity index (χ0v) is 12.5. The van der Waals surface area contributed by atoms with E-state index in [0.717, 1.165) is 10.9 Å². The quantitative estimate of drug-likeness (QED) is 0.809. The monoisotopic (exact) mass is 301 g/mol. The molecule has 6 heteroatoms. The van der Waals surface area contributed by atoms with Gasteiger partial charge in [-0.3, -0.25) is 9.59 Å². The lowest BCUT2D eigenvalue weighted by Gasteiger charge is -2.38. The summed E-state index contributed by atoms with van der Waals surface area (Å²) in [5, 5.41) is 3.72. The lowest BCUT2D eigenvalue weighted by atomic mass is 9.97. The Morgan fingerprint density at radius 3 is 2.91 bits per heavy atom. The predicted octanol–water partition coefficient (Wildman–Crippen LogP) is 1.00. The molecule has 1 aliphatic heterocycles. The maximum absolute atomic E-state index is 12.5. The van der Waals surface area contributed by atoms with E-state index in [1.807, 2.05) is 24.3 Å². The molecule has 1 aromatic carbocycles. The van der Waals surface area contributed by atoms with Crippen LogP contribution in [0.4, 0.5) is 0 Å². The topological polar surface area (TPSA) is 74.4 Å². The van der Waals surface area contributed by atoms with Crippen molar-refractivity contribution in [2.45, 2.75) is 0 Å². The van der Waals surface area contributed by atoms with E-state index in [9.17, 15) is 9.59 Å². The fraction of sp³-hybridized carbons (Fsp3) is 0.375. The van der Waals surface area contributed by atoms with E-state index < -0.39 is 0 Å². The van der Waals surface area contributed by atoms with Crippen LogP contribution < -0.4 is 5.32 Å². The Hall–Kier alpha value is -2.34. The molecule has 2 amide bonds. The number of hydrogen-bond acceptors (Lipinski definition) is 3. The van der Waals surface area contributed by atoms with Crippen molar-refractivity contribution in [1.29, 1.82) is 0 Å². The molecular weight excluding hydrogens is 282 g/mol. The summed E-state index contributed by atoms with van der Waals surface area (Å²) in [6.45, 7) is 1.94. The van der Waals surface area contributed by atoms with E-state index in [1.54, 1.807) is 18.2 Å². The van der Waals surface area contributed by atoms with Gasteiger partial charge in [-0.2, -0.15) is 0 Å². The summed E-state index contributed by atoms with van der Waals surface area (Å²) in [6.07, 6.45) is 1.74. The SMILES string of the molecule is COCCNC(=O)C1CN(C(=O)c2c[nH]c3ccccc23)C1. The largest absolute Gasteiger partial charge is 0.383 e. The first-order valence-electron chi connectivity index (χ1n) is 7.32. The van der Waals surface area contributed by atoms with Crippen LogP contribution in [0.3, 0.4) is 0 Å². The number of aromatic amines is 1. The number of amides is 2. The summed E-state index contributed by atoms with van der Waals surface area (Å²) in [6, 6.07) is 7.70. The predicted molar refractivity (Wildman–Crippen MR) is 82.6 cm³/mol. The van der Waals surface area contributed by atoms with Crippen molar-refractivity contribution in [3.8, 4) is 0 Å². The zero-order valence-electron chi connectivity index (χ0n) is 12.5. The van der Waals surface area contributed by atoms with Crippen molar-refractivity contribution in [3.05, 3.63) is 36.0 Å². The second-order valence-electron chi connectivity index (χ2n) is 5.44. The number of benzene rings is 1. The second kappa shape index (κ2) is 6.19. The van der Waals surface area contributed by atoms with E-state index in [-0.39, 0.29) is 17.7 Å². The molecule has 1 saturated heterocycles. The number of nitrogens with zero attached hydrogens (tertiary/aromatic N) is 1. The van der Waals surface area contributed by atoms with E-state index >= 15 is 0 Å². The van der Waals surface area contributed by atoms with Crippen molar-refractivity contribution < 1.29 is 14.3 Å². The van der Waals surface area contributed by atoms with Crippen LogP contribution in [0.1, 0.15) is 10.4 Å². The van der Waals surface area contributed by atoms with Crippen molar-refractivity contribution >= 4 is 22.7 Å². The molecule has 0 atom stereocenters. The van der Waals surface area contributed by atoms with Gasteiger partial charge in [-0.15, -0.1) is 0 Å². The van der Waals surface area contributed by atoms with Gasteiger partial charge in [-0.25, -0.2) is 0 Å². The number of H-pyrrole nitrogens is 1. The Morgan fingerprint density at radius 2 is 2.14 bits per heavy atom. The number of para-hydroxylation sites is 1. The maximum Gasteiger partial charge on any atom is 0.256 e. The average Bonchev–Trinajstić information content (AvgIpc) is 2.89. The third kappa shape index (κ3) is 2.69. The highest BCUT2D eigenvalue weighted by Crippen LogP contribution is 2.23. The fourth-order valence-corrected chi connectivity index (χ4v) is 2.65. The fourth-order valence-electron chi connectivity index (χ4n) is 2.65. The van der Waals surface area contributed by atoms with Gasteiger partial charge in [-0.1, -0.05) is 18.2 Å². The standard InChI is InChI=1S/C16H19N3O3/c1-22-7-6-17-15(20)11-9-19(10-11)16(21)13-8-18-14-5-3-2-4-12(13)14/h2-5,8,11,18H,6-7,9-10H2,1H3,(H,17,20). The highest BCUT2D eigenvalue weighted by Gasteiger charge is 2.36. The van der Waals surface area contributed by atoms with Gasteiger partial charge >= 0.3 is 0 Å². The summed E-state index contributed by atoms with van der Waals surface area (Å²) >= 11 is 0. The van der Waals surface area contributed by atoms with Gasteiger partial charge in [0.1, 0.15) is 0 Å². The first kappa shape index (κ1) is 14.6. The molecule has 1 fully saturated rings. The van der Waals surface area contributed by atoms with E-state index in [1.165, 1.54) is 0 Å². The minimum atomic E-state index is -0.119. The Labute approximate surface area is 128 Å². The number of aromatic nitrogens is 1. The van der Waals surface area contributed by atoms with E-state index in [0.29, 0.717) is 31.8 Å². The van der Waals surface area contributed by atoms with Gasteiger partial charge in [0, 0.05) is 43.8 Å². The van der Waals surface area contributed by atoms with Crippen LogP contribution >= 0.6 is 0 Å². The molecule has 116 valence electrons. The third-order valence-electron chi connectivity index (χ3n) is 3.96. The van der Waals surface area contributed by atoms with Crippen LogP contribution in [0.25, 0.3) is 10.9 Å². The number of carbonyl (C=O) groups excluding carboxylic acids is 2. The summed E-state index contributed by atoms with van der Waals surface area (Å²) in [4.78, 5) is 29.1. The number of ether oxygens (including phenoxy) is 1. The normalized spacial score (nSPS) is 14.9. The van der Waals surface area contributed by atoms with Crippen LogP contribution in [-0.2, 0) is 9.53 Å². The molecule has 2 aromatic rings. The van der Waals surface area contributed by atoms with Gasteiger partial charge in [-0.05, 0) is 6.07 Å². The number of methoxy groups -OCH3 is 1. The molecule has 0 radical (unpaired) electrons. The van der Waals surface area contributed by atoms with Crippen LogP contribution in [0.15, 0.2) is 30.5 Å². The number of fused-ring (bicyclic) bond motifs is 1. The summed E-state index contributed by atoms with van der Waals surface area (Å²) in [5.41, 5.74) is 1.61. The van der Waals surface area contributed by atoms with Gasteiger partial charge < -0.3 is 19.9 Å². The number of likely N-dealkylation sites (tertiary alicyclic amines) is 1. The van der Waals surface area contributed by atoms with Crippen LogP contribution in [0.2, 0.25) is 0 Å². The number of carbonyl (C=O) groups is 2. The number of rotatable bonds is 5. The number of hydrogen-bond donors (Lipinski definition) is 2. The highest BCUT2D eigenvalue weighted by molar-refractivity contribution is 6.07. The summed E-state index contributed by atoms with van der Waals surface area (Å²) < 4.78 is 4.89. The average molecular weight is 301 g/mol. The van der Waals surface area contributed by atoms with Gasteiger partial charge in [0.05, 0.1) is 18.1 Å². The molecule has 22 heavy (non-hydrogen) atoms. The second-order valence-corrected chi connectivity index (χ2v) is 5.44. The minimum Gasteiger partial charge on any atom is -0.383 e. The highest BCUT2D eigenvalue weighted by atomic mass is 16.5. The first-order chi connectivity index (χ1) is 10.7. The molecular formula is C16H19N3O3. The summed E-state index contributed by atoms with van der Waals surface area (Å²) in [7, 11) is 1.59. The third-order valence-corrected chi connectivity index (χ3v) is 3.96. The molecule has 1 aliphatic rings. The van der Waals surface area contributed by atoms with Crippen molar-refractivity contribution in [1.82, 2.24) is 15.2 Å².